The highest BCUT2D eigenvalue weighted by atomic mass is 32.2. The van der Waals surface area contributed by atoms with Gasteiger partial charge in [0.1, 0.15) is 0 Å². The largest absolute Gasteiger partial charge is 0.271 e. The van der Waals surface area contributed by atoms with Crippen LogP contribution in [-0.2, 0) is 9.84 Å². The normalized spacial score (nSPS) is 29.6. The Morgan fingerprint density at radius 2 is 2.08 bits per heavy atom. The molecule has 1 rings (SSSR count). The first-order valence-electron chi connectivity index (χ1n) is 4.32. The van der Waals surface area contributed by atoms with Crippen molar-refractivity contribution in [1.29, 1.82) is 0 Å². The third-order valence-electron chi connectivity index (χ3n) is 2.31. The minimum absolute atomic E-state index is 0.259. The molecule has 1 atom stereocenters. The van der Waals surface area contributed by atoms with E-state index >= 15 is 0 Å². The number of hydrazine groups is 1. The van der Waals surface area contributed by atoms with E-state index in [1.165, 1.54) is 0 Å². The van der Waals surface area contributed by atoms with Crippen LogP contribution >= 0.6 is 0 Å². The number of hydrogen-bond donors (Lipinski definition) is 2. The fourth-order valence-electron chi connectivity index (χ4n) is 1.56. The van der Waals surface area contributed by atoms with Crippen LogP contribution in [0.25, 0.3) is 0 Å². The summed E-state index contributed by atoms with van der Waals surface area (Å²) < 4.78 is 23.0. The molecule has 0 aromatic carbocycles. The molecule has 3 N–H and O–H groups in total. The summed E-state index contributed by atoms with van der Waals surface area (Å²) in [5.74, 6) is 5.45. The maximum Gasteiger partial charge on any atom is 0.154 e. The number of nitrogens with two attached hydrogens (primary N) is 1. The summed E-state index contributed by atoms with van der Waals surface area (Å²) >= 11 is 0. The SMILES string of the molecule is NNCC1CCCCCS1(=O)=O. The third-order valence-corrected chi connectivity index (χ3v) is 4.58. The van der Waals surface area contributed by atoms with Crippen LogP contribution in [0.2, 0.25) is 0 Å². The molecule has 12 heavy (non-hydrogen) atoms. The van der Waals surface area contributed by atoms with Gasteiger partial charge in [0.2, 0.25) is 0 Å². The highest BCUT2D eigenvalue weighted by molar-refractivity contribution is 7.92. The molecule has 0 saturated carbocycles. The van der Waals surface area contributed by atoms with Crippen molar-refractivity contribution in [3.8, 4) is 0 Å². The van der Waals surface area contributed by atoms with Crippen LogP contribution in [0.3, 0.4) is 0 Å². The quantitative estimate of drug-likeness (QED) is 0.470. The maximum atomic E-state index is 11.5. The van der Waals surface area contributed by atoms with E-state index in [0.29, 0.717) is 12.3 Å². The van der Waals surface area contributed by atoms with Crippen LogP contribution in [0.15, 0.2) is 0 Å². The molecule has 1 saturated heterocycles. The molecule has 1 unspecified atom stereocenters. The summed E-state index contributed by atoms with van der Waals surface area (Å²) in [6.07, 6.45) is 3.60. The predicted molar refractivity (Wildman–Crippen MR) is 48.2 cm³/mol. The van der Waals surface area contributed by atoms with Gasteiger partial charge in [0.25, 0.3) is 0 Å². The minimum Gasteiger partial charge on any atom is -0.271 e. The van der Waals surface area contributed by atoms with Gasteiger partial charge in [-0.2, -0.15) is 0 Å². The second kappa shape index (κ2) is 4.20. The smallest absolute Gasteiger partial charge is 0.154 e. The Bertz CT molecular complexity index is 226. The lowest BCUT2D eigenvalue weighted by atomic mass is 10.1. The van der Waals surface area contributed by atoms with E-state index < -0.39 is 9.84 Å². The first kappa shape index (κ1) is 9.95. The Morgan fingerprint density at radius 1 is 1.33 bits per heavy atom. The van der Waals surface area contributed by atoms with Gasteiger partial charge in [0.15, 0.2) is 9.84 Å². The lowest BCUT2D eigenvalue weighted by molar-refractivity contribution is 0.558. The fourth-order valence-corrected chi connectivity index (χ4v) is 3.37. The van der Waals surface area contributed by atoms with E-state index in [9.17, 15) is 8.42 Å². The van der Waals surface area contributed by atoms with Gasteiger partial charge in [0, 0.05) is 6.54 Å². The maximum absolute atomic E-state index is 11.5. The topological polar surface area (TPSA) is 72.2 Å². The van der Waals surface area contributed by atoms with Gasteiger partial charge in [-0.25, -0.2) is 8.42 Å². The van der Waals surface area contributed by atoms with E-state index in [1.54, 1.807) is 0 Å². The molecule has 0 spiro atoms. The van der Waals surface area contributed by atoms with E-state index in [2.05, 4.69) is 5.43 Å². The van der Waals surface area contributed by atoms with Crippen molar-refractivity contribution in [1.82, 2.24) is 5.43 Å². The molecular weight excluding hydrogens is 176 g/mol. The van der Waals surface area contributed by atoms with Crippen molar-refractivity contribution in [3.05, 3.63) is 0 Å². The Hall–Kier alpha value is -0.130. The predicted octanol–water partition coefficient (Wildman–Crippen LogP) is -0.193. The number of hydrogen-bond acceptors (Lipinski definition) is 4. The van der Waals surface area contributed by atoms with E-state index in [4.69, 9.17) is 5.84 Å². The number of sulfone groups is 1. The monoisotopic (exact) mass is 192 g/mol. The van der Waals surface area contributed by atoms with Crippen molar-refractivity contribution >= 4 is 9.84 Å². The van der Waals surface area contributed by atoms with Gasteiger partial charge in [-0.05, 0) is 12.8 Å². The summed E-state index contributed by atoms with van der Waals surface area (Å²) in [6, 6.07) is 0. The van der Waals surface area contributed by atoms with E-state index in [-0.39, 0.29) is 5.25 Å². The molecule has 1 aliphatic rings. The van der Waals surface area contributed by atoms with Crippen LogP contribution in [0.1, 0.15) is 25.7 Å². The van der Waals surface area contributed by atoms with Crippen molar-refractivity contribution in [2.24, 2.45) is 5.84 Å². The molecule has 1 heterocycles. The molecule has 5 heteroatoms. The number of nitrogens with one attached hydrogen (secondary N) is 1. The zero-order valence-corrected chi connectivity index (χ0v) is 7.94. The molecule has 0 aromatic rings. The fraction of sp³-hybridized carbons (Fsp3) is 1.00. The Kier molecular flexibility index (Phi) is 3.49. The zero-order valence-electron chi connectivity index (χ0n) is 7.12. The second-order valence-corrected chi connectivity index (χ2v) is 5.65. The zero-order chi connectivity index (χ0) is 9.03. The average molecular weight is 192 g/mol. The molecule has 0 aliphatic carbocycles. The van der Waals surface area contributed by atoms with Crippen molar-refractivity contribution in [2.45, 2.75) is 30.9 Å². The van der Waals surface area contributed by atoms with Gasteiger partial charge in [0.05, 0.1) is 11.0 Å². The first-order chi connectivity index (χ1) is 5.67. The lowest BCUT2D eigenvalue weighted by Gasteiger charge is -2.12. The van der Waals surface area contributed by atoms with Gasteiger partial charge >= 0.3 is 0 Å². The van der Waals surface area contributed by atoms with Crippen LogP contribution in [0, 0.1) is 0 Å². The minimum atomic E-state index is -2.86. The highest BCUT2D eigenvalue weighted by Gasteiger charge is 2.26. The standard InChI is InChI=1S/C7H16N2O2S/c8-9-6-7-4-2-1-3-5-12(7,10)11/h7,9H,1-6,8H2. The van der Waals surface area contributed by atoms with E-state index in [1.807, 2.05) is 0 Å². The van der Waals surface area contributed by atoms with Gasteiger partial charge in [-0.1, -0.05) is 12.8 Å². The summed E-state index contributed by atoms with van der Waals surface area (Å²) in [4.78, 5) is 0. The van der Waals surface area contributed by atoms with Crippen molar-refractivity contribution < 1.29 is 8.42 Å². The highest BCUT2D eigenvalue weighted by Crippen LogP contribution is 2.18. The van der Waals surface area contributed by atoms with Crippen molar-refractivity contribution in [2.75, 3.05) is 12.3 Å². The molecule has 0 bridgehead atoms. The van der Waals surface area contributed by atoms with Gasteiger partial charge in [-0.3, -0.25) is 11.3 Å². The van der Waals surface area contributed by atoms with Gasteiger partial charge in [-0.15, -0.1) is 0 Å². The molecule has 72 valence electrons. The average Bonchev–Trinajstić information content (AvgIpc) is 2.15. The van der Waals surface area contributed by atoms with Crippen LogP contribution in [0.5, 0.6) is 0 Å². The van der Waals surface area contributed by atoms with Crippen LogP contribution in [-0.4, -0.2) is 26.0 Å². The first-order valence-corrected chi connectivity index (χ1v) is 6.03. The third kappa shape index (κ3) is 2.43. The summed E-state index contributed by atoms with van der Waals surface area (Å²) in [7, 11) is -2.86. The van der Waals surface area contributed by atoms with Crippen LogP contribution in [0.4, 0.5) is 0 Å². The Morgan fingerprint density at radius 3 is 2.75 bits per heavy atom. The second-order valence-electron chi connectivity index (χ2n) is 3.25. The molecule has 1 aliphatic heterocycles. The van der Waals surface area contributed by atoms with Gasteiger partial charge < -0.3 is 0 Å². The molecular formula is C7H16N2O2S. The Balaban J connectivity index is 2.65. The van der Waals surface area contributed by atoms with E-state index in [0.717, 1.165) is 25.7 Å². The molecule has 1 fully saturated rings. The molecule has 0 amide bonds. The lowest BCUT2D eigenvalue weighted by Crippen LogP contribution is -2.37. The molecule has 0 radical (unpaired) electrons. The summed E-state index contributed by atoms with van der Waals surface area (Å²) in [5, 5.41) is -0.259. The van der Waals surface area contributed by atoms with Crippen LogP contribution < -0.4 is 11.3 Å². The van der Waals surface area contributed by atoms with Crippen molar-refractivity contribution in [3.63, 3.8) is 0 Å². The summed E-state index contributed by atoms with van der Waals surface area (Å²) in [6.45, 7) is 0.391. The molecule has 4 nitrogen and oxygen atoms in total. The number of rotatable bonds is 2. The summed E-state index contributed by atoms with van der Waals surface area (Å²) in [5.41, 5.74) is 2.44. The molecule has 0 aromatic heterocycles. The Labute approximate surface area is 73.4 Å².